The SMILES string of the molecule is CC(NC1=NCC(C2CC2)S1)c1ccc(Cl)cc1. The van der Waals surface area contributed by atoms with E-state index in [0.717, 1.165) is 27.9 Å². The average Bonchev–Trinajstić information content (AvgIpc) is 3.11. The molecule has 1 aliphatic heterocycles. The molecule has 1 saturated carbocycles. The Morgan fingerprint density at radius 1 is 1.33 bits per heavy atom. The summed E-state index contributed by atoms with van der Waals surface area (Å²) in [7, 11) is 0. The van der Waals surface area contributed by atoms with Crippen molar-refractivity contribution in [2.24, 2.45) is 10.9 Å². The maximum Gasteiger partial charge on any atom is 0.157 e. The number of rotatable bonds is 3. The zero-order valence-electron chi connectivity index (χ0n) is 10.4. The number of aliphatic imine (C=N–C) groups is 1. The predicted molar refractivity (Wildman–Crippen MR) is 79.4 cm³/mol. The van der Waals surface area contributed by atoms with E-state index in [1.165, 1.54) is 18.4 Å². The van der Waals surface area contributed by atoms with Crippen molar-refractivity contribution in [3.8, 4) is 0 Å². The van der Waals surface area contributed by atoms with Crippen molar-refractivity contribution in [1.82, 2.24) is 5.32 Å². The van der Waals surface area contributed by atoms with E-state index in [-0.39, 0.29) is 6.04 Å². The highest BCUT2D eigenvalue weighted by atomic mass is 35.5. The lowest BCUT2D eigenvalue weighted by Gasteiger charge is -2.15. The van der Waals surface area contributed by atoms with Crippen LogP contribution in [0, 0.1) is 5.92 Å². The molecule has 0 aromatic heterocycles. The number of benzene rings is 1. The molecule has 2 nitrogen and oxygen atoms in total. The van der Waals surface area contributed by atoms with Crippen molar-refractivity contribution in [3.63, 3.8) is 0 Å². The smallest absolute Gasteiger partial charge is 0.157 e. The van der Waals surface area contributed by atoms with E-state index in [4.69, 9.17) is 11.6 Å². The molecule has 0 saturated heterocycles. The van der Waals surface area contributed by atoms with E-state index < -0.39 is 0 Å². The summed E-state index contributed by atoms with van der Waals surface area (Å²) in [6, 6.07) is 8.29. The highest BCUT2D eigenvalue weighted by Gasteiger charge is 2.35. The minimum absolute atomic E-state index is 0.284. The van der Waals surface area contributed by atoms with Crippen molar-refractivity contribution in [2.75, 3.05) is 6.54 Å². The van der Waals surface area contributed by atoms with Gasteiger partial charge in [0.15, 0.2) is 5.17 Å². The number of nitrogens with zero attached hydrogens (tertiary/aromatic N) is 1. The van der Waals surface area contributed by atoms with Gasteiger partial charge in [-0.1, -0.05) is 35.5 Å². The van der Waals surface area contributed by atoms with Gasteiger partial charge in [0.05, 0.1) is 12.6 Å². The molecule has 1 N–H and O–H groups in total. The zero-order chi connectivity index (χ0) is 12.5. The van der Waals surface area contributed by atoms with Crippen molar-refractivity contribution in [1.29, 1.82) is 0 Å². The van der Waals surface area contributed by atoms with Crippen LogP contribution in [0.2, 0.25) is 5.02 Å². The highest BCUT2D eigenvalue weighted by Crippen LogP contribution is 2.41. The third-order valence-corrected chi connectivity index (χ3v) is 5.09. The van der Waals surface area contributed by atoms with E-state index in [0.29, 0.717) is 0 Å². The minimum atomic E-state index is 0.284. The van der Waals surface area contributed by atoms with Crippen molar-refractivity contribution >= 4 is 28.5 Å². The van der Waals surface area contributed by atoms with Crippen LogP contribution in [0.5, 0.6) is 0 Å². The van der Waals surface area contributed by atoms with E-state index in [2.05, 4.69) is 29.4 Å². The number of nitrogens with one attached hydrogen (secondary N) is 1. The van der Waals surface area contributed by atoms with Crippen LogP contribution in [0.3, 0.4) is 0 Å². The topological polar surface area (TPSA) is 24.4 Å². The molecule has 1 aliphatic carbocycles. The van der Waals surface area contributed by atoms with Gasteiger partial charge in [-0.3, -0.25) is 4.99 Å². The van der Waals surface area contributed by atoms with E-state index in [1.54, 1.807) is 0 Å². The molecule has 2 unspecified atom stereocenters. The Morgan fingerprint density at radius 2 is 2.06 bits per heavy atom. The molecule has 0 spiro atoms. The Morgan fingerprint density at radius 3 is 2.72 bits per heavy atom. The summed E-state index contributed by atoms with van der Waals surface area (Å²) in [5, 5.41) is 6.11. The van der Waals surface area contributed by atoms with Crippen LogP contribution in [0.1, 0.15) is 31.4 Å². The zero-order valence-corrected chi connectivity index (χ0v) is 12.0. The Bertz CT molecular complexity index is 453. The predicted octanol–water partition coefficient (Wildman–Crippen LogP) is 3.87. The first kappa shape index (κ1) is 12.4. The standard InChI is InChI=1S/C14H17ClN2S/c1-9(10-4-6-12(15)7-5-10)17-14-16-8-13(18-14)11-2-3-11/h4-7,9,11,13H,2-3,8H2,1H3,(H,16,17). The molecule has 0 radical (unpaired) electrons. The first-order valence-electron chi connectivity index (χ1n) is 6.45. The van der Waals surface area contributed by atoms with E-state index in [9.17, 15) is 0 Å². The number of amidine groups is 1. The van der Waals surface area contributed by atoms with Gasteiger partial charge < -0.3 is 5.32 Å². The monoisotopic (exact) mass is 280 g/mol. The molecular weight excluding hydrogens is 264 g/mol. The third-order valence-electron chi connectivity index (χ3n) is 3.54. The molecular formula is C14H17ClN2S. The second-order valence-electron chi connectivity index (χ2n) is 5.06. The fourth-order valence-corrected chi connectivity index (χ4v) is 3.62. The van der Waals surface area contributed by atoms with Gasteiger partial charge in [-0.15, -0.1) is 0 Å². The minimum Gasteiger partial charge on any atom is -0.358 e. The molecule has 2 atom stereocenters. The average molecular weight is 281 g/mol. The largest absolute Gasteiger partial charge is 0.358 e. The van der Waals surface area contributed by atoms with Gasteiger partial charge in [-0.05, 0) is 43.4 Å². The maximum atomic E-state index is 5.90. The first-order chi connectivity index (χ1) is 8.72. The maximum absolute atomic E-state index is 5.90. The molecule has 0 amide bonds. The van der Waals surface area contributed by atoms with Gasteiger partial charge in [0.2, 0.25) is 0 Å². The first-order valence-corrected chi connectivity index (χ1v) is 7.71. The number of hydrogen-bond donors (Lipinski definition) is 1. The lowest BCUT2D eigenvalue weighted by molar-refractivity contribution is 0.721. The van der Waals surface area contributed by atoms with Crippen LogP contribution in [-0.4, -0.2) is 17.0 Å². The summed E-state index contributed by atoms with van der Waals surface area (Å²) in [5.41, 5.74) is 1.25. The van der Waals surface area contributed by atoms with Gasteiger partial charge >= 0.3 is 0 Å². The summed E-state index contributed by atoms with van der Waals surface area (Å²) in [4.78, 5) is 4.60. The molecule has 96 valence electrons. The lowest BCUT2D eigenvalue weighted by atomic mass is 10.1. The number of hydrogen-bond acceptors (Lipinski definition) is 3. The Labute approximate surface area is 117 Å². The fraction of sp³-hybridized carbons (Fsp3) is 0.500. The molecule has 0 bridgehead atoms. The molecule has 1 aromatic rings. The molecule has 1 aromatic carbocycles. The van der Waals surface area contributed by atoms with Crippen LogP contribution in [0.25, 0.3) is 0 Å². The van der Waals surface area contributed by atoms with Gasteiger partial charge in [0.1, 0.15) is 0 Å². The number of halogens is 1. The quantitative estimate of drug-likeness (QED) is 0.909. The molecule has 1 heterocycles. The summed E-state index contributed by atoms with van der Waals surface area (Å²) < 4.78 is 0. The van der Waals surface area contributed by atoms with Crippen LogP contribution in [-0.2, 0) is 0 Å². The summed E-state index contributed by atoms with van der Waals surface area (Å²) in [6.45, 7) is 3.15. The van der Waals surface area contributed by atoms with Gasteiger partial charge in [-0.25, -0.2) is 0 Å². The Hall–Kier alpha value is -0.670. The van der Waals surface area contributed by atoms with Gasteiger partial charge in [0, 0.05) is 10.3 Å². The molecule has 1 fully saturated rings. The van der Waals surface area contributed by atoms with Crippen LogP contribution in [0.4, 0.5) is 0 Å². The van der Waals surface area contributed by atoms with Crippen molar-refractivity contribution in [3.05, 3.63) is 34.9 Å². The second kappa shape index (κ2) is 5.14. The molecule has 3 rings (SSSR count). The molecule has 4 heteroatoms. The summed E-state index contributed by atoms with van der Waals surface area (Å²) in [5.74, 6) is 0.920. The molecule has 18 heavy (non-hydrogen) atoms. The van der Waals surface area contributed by atoms with E-state index in [1.807, 2.05) is 23.9 Å². The van der Waals surface area contributed by atoms with Crippen molar-refractivity contribution < 1.29 is 0 Å². The van der Waals surface area contributed by atoms with Gasteiger partial charge in [-0.2, -0.15) is 0 Å². The number of thioether (sulfide) groups is 1. The summed E-state index contributed by atoms with van der Waals surface area (Å²) >= 11 is 7.82. The third kappa shape index (κ3) is 2.83. The summed E-state index contributed by atoms with van der Waals surface area (Å²) in [6.07, 6.45) is 2.79. The molecule has 2 aliphatic rings. The van der Waals surface area contributed by atoms with Crippen LogP contribution >= 0.6 is 23.4 Å². The lowest BCUT2D eigenvalue weighted by Crippen LogP contribution is -2.23. The Kier molecular flexibility index (Phi) is 3.53. The normalized spacial score (nSPS) is 24.8. The van der Waals surface area contributed by atoms with Gasteiger partial charge in [0.25, 0.3) is 0 Å². The van der Waals surface area contributed by atoms with Crippen LogP contribution < -0.4 is 5.32 Å². The Balaban J connectivity index is 1.57. The highest BCUT2D eigenvalue weighted by molar-refractivity contribution is 8.14. The fourth-order valence-electron chi connectivity index (χ4n) is 2.20. The van der Waals surface area contributed by atoms with Crippen LogP contribution in [0.15, 0.2) is 29.3 Å². The van der Waals surface area contributed by atoms with Crippen molar-refractivity contribution in [2.45, 2.75) is 31.1 Å². The second-order valence-corrected chi connectivity index (χ2v) is 6.72. The van der Waals surface area contributed by atoms with E-state index >= 15 is 0 Å².